The fourth-order valence-corrected chi connectivity index (χ4v) is 1.78. The highest BCUT2D eigenvalue weighted by Gasteiger charge is 2.23. The molecule has 0 bridgehead atoms. The van der Waals surface area contributed by atoms with Crippen molar-refractivity contribution in [2.45, 2.75) is 6.92 Å². The van der Waals surface area contributed by atoms with Crippen LogP contribution in [0.5, 0.6) is 0 Å². The van der Waals surface area contributed by atoms with Gasteiger partial charge in [-0.05, 0) is 0 Å². The molecule has 0 aliphatic carbocycles. The highest BCUT2D eigenvalue weighted by atomic mass is 16.2. The number of primary amides is 1. The number of rotatable bonds is 3. The molecule has 1 unspecified atom stereocenters. The SMILES string of the molecule is CC(CN(C)C(N)=O)C(=O)N1CCNCC1. The van der Waals surface area contributed by atoms with Crippen LogP contribution < -0.4 is 11.1 Å². The summed E-state index contributed by atoms with van der Waals surface area (Å²) < 4.78 is 0. The number of carbonyl (C=O) groups is 2. The van der Waals surface area contributed by atoms with Gasteiger partial charge < -0.3 is 20.9 Å². The van der Waals surface area contributed by atoms with E-state index in [1.54, 1.807) is 7.05 Å². The van der Waals surface area contributed by atoms with Crippen molar-refractivity contribution in [2.24, 2.45) is 11.7 Å². The van der Waals surface area contributed by atoms with E-state index in [1.807, 2.05) is 11.8 Å². The smallest absolute Gasteiger partial charge is 0.314 e. The van der Waals surface area contributed by atoms with Crippen LogP contribution in [0.15, 0.2) is 0 Å². The summed E-state index contributed by atoms with van der Waals surface area (Å²) in [5.74, 6) is -0.106. The molecule has 1 heterocycles. The lowest BCUT2D eigenvalue weighted by molar-refractivity contribution is -0.135. The Morgan fingerprint density at radius 3 is 2.50 bits per heavy atom. The molecule has 6 heteroatoms. The molecule has 0 aromatic heterocycles. The Morgan fingerprint density at radius 1 is 1.44 bits per heavy atom. The molecule has 1 aliphatic rings. The third kappa shape index (κ3) is 3.37. The third-order valence-corrected chi connectivity index (χ3v) is 2.77. The van der Waals surface area contributed by atoms with E-state index in [0.29, 0.717) is 6.54 Å². The largest absolute Gasteiger partial charge is 0.351 e. The van der Waals surface area contributed by atoms with Crippen molar-refractivity contribution in [3.05, 3.63) is 0 Å². The minimum absolute atomic E-state index is 0.0922. The van der Waals surface area contributed by atoms with Crippen molar-refractivity contribution in [2.75, 3.05) is 39.8 Å². The van der Waals surface area contributed by atoms with Crippen molar-refractivity contribution in [3.8, 4) is 0 Å². The van der Waals surface area contributed by atoms with Gasteiger partial charge in [-0.25, -0.2) is 4.79 Å². The number of nitrogens with two attached hydrogens (primary N) is 1. The van der Waals surface area contributed by atoms with E-state index in [9.17, 15) is 9.59 Å². The second kappa shape index (κ2) is 5.69. The lowest BCUT2D eigenvalue weighted by Crippen LogP contribution is -2.50. The zero-order chi connectivity index (χ0) is 12.1. The molecule has 3 N–H and O–H groups in total. The van der Waals surface area contributed by atoms with E-state index in [4.69, 9.17) is 5.73 Å². The average Bonchev–Trinajstić information content (AvgIpc) is 2.28. The fraction of sp³-hybridized carbons (Fsp3) is 0.800. The molecule has 3 amide bonds. The van der Waals surface area contributed by atoms with Gasteiger partial charge >= 0.3 is 6.03 Å². The molecule has 1 atom stereocenters. The average molecular weight is 228 g/mol. The number of urea groups is 1. The minimum atomic E-state index is -0.500. The molecular weight excluding hydrogens is 208 g/mol. The van der Waals surface area contributed by atoms with E-state index in [0.717, 1.165) is 26.2 Å². The number of carbonyl (C=O) groups excluding carboxylic acids is 2. The summed E-state index contributed by atoms with van der Waals surface area (Å²) in [5.41, 5.74) is 5.11. The number of amides is 3. The molecule has 92 valence electrons. The van der Waals surface area contributed by atoms with E-state index in [1.165, 1.54) is 4.90 Å². The van der Waals surface area contributed by atoms with Gasteiger partial charge in [0.15, 0.2) is 0 Å². The summed E-state index contributed by atoms with van der Waals surface area (Å²) in [6.07, 6.45) is 0. The predicted octanol–water partition coefficient (Wildman–Crippen LogP) is -0.935. The second-order valence-corrected chi connectivity index (χ2v) is 4.20. The Morgan fingerprint density at radius 2 is 2.00 bits per heavy atom. The maximum absolute atomic E-state index is 12.0. The maximum Gasteiger partial charge on any atom is 0.314 e. The van der Waals surface area contributed by atoms with Crippen LogP contribution in [0.25, 0.3) is 0 Å². The molecule has 0 aromatic rings. The Balaban J connectivity index is 2.43. The van der Waals surface area contributed by atoms with Crippen LogP contribution in [0.4, 0.5) is 4.79 Å². The van der Waals surface area contributed by atoms with Gasteiger partial charge in [0.25, 0.3) is 0 Å². The van der Waals surface area contributed by atoms with Gasteiger partial charge in [-0.3, -0.25) is 4.79 Å². The zero-order valence-electron chi connectivity index (χ0n) is 9.90. The van der Waals surface area contributed by atoms with Crippen molar-refractivity contribution in [1.29, 1.82) is 0 Å². The van der Waals surface area contributed by atoms with Crippen molar-refractivity contribution >= 4 is 11.9 Å². The summed E-state index contributed by atoms with van der Waals surface area (Å²) >= 11 is 0. The van der Waals surface area contributed by atoms with E-state index >= 15 is 0 Å². The molecular formula is C10H20N4O2. The lowest BCUT2D eigenvalue weighted by Gasteiger charge is -2.30. The first-order valence-corrected chi connectivity index (χ1v) is 5.52. The summed E-state index contributed by atoms with van der Waals surface area (Å²) in [6.45, 7) is 5.35. The predicted molar refractivity (Wildman–Crippen MR) is 60.8 cm³/mol. The van der Waals surface area contributed by atoms with Crippen LogP contribution in [-0.2, 0) is 4.79 Å². The van der Waals surface area contributed by atoms with Crippen molar-refractivity contribution < 1.29 is 9.59 Å². The molecule has 0 aromatic carbocycles. The number of hydrogen-bond donors (Lipinski definition) is 2. The summed E-state index contributed by atoms with van der Waals surface area (Å²) in [4.78, 5) is 26.0. The minimum Gasteiger partial charge on any atom is -0.351 e. The van der Waals surface area contributed by atoms with Crippen LogP contribution in [0, 0.1) is 5.92 Å². The monoisotopic (exact) mass is 228 g/mol. The second-order valence-electron chi connectivity index (χ2n) is 4.20. The summed E-state index contributed by atoms with van der Waals surface area (Å²) in [7, 11) is 1.60. The van der Waals surface area contributed by atoms with Gasteiger partial charge in [0.2, 0.25) is 5.91 Å². The van der Waals surface area contributed by atoms with Gasteiger partial charge in [0, 0.05) is 39.8 Å². The number of hydrogen-bond acceptors (Lipinski definition) is 3. The highest BCUT2D eigenvalue weighted by molar-refractivity contribution is 5.80. The van der Waals surface area contributed by atoms with E-state index < -0.39 is 6.03 Å². The van der Waals surface area contributed by atoms with Crippen molar-refractivity contribution in [1.82, 2.24) is 15.1 Å². The molecule has 0 spiro atoms. The van der Waals surface area contributed by atoms with Gasteiger partial charge in [-0.2, -0.15) is 0 Å². The number of nitrogens with one attached hydrogen (secondary N) is 1. The Bertz CT molecular complexity index is 264. The Hall–Kier alpha value is -1.30. The molecule has 0 saturated carbocycles. The third-order valence-electron chi connectivity index (χ3n) is 2.77. The molecule has 1 aliphatic heterocycles. The molecule has 16 heavy (non-hydrogen) atoms. The summed E-state index contributed by atoms with van der Waals surface area (Å²) in [6, 6.07) is -0.500. The van der Waals surface area contributed by atoms with Crippen LogP contribution in [-0.4, -0.2) is 61.5 Å². The molecule has 1 rings (SSSR count). The first-order valence-electron chi connectivity index (χ1n) is 5.52. The first kappa shape index (κ1) is 12.8. The Labute approximate surface area is 95.8 Å². The van der Waals surface area contributed by atoms with E-state index in [-0.39, 0.29) is 11.8 Å². The van der Waals surface area contributed by atoms with Gasteiger partial charge in [-0.1, -0.05) is 6.92 Å². The molecule has 6 nitrogen and oxygen atoms in total. The first-order chi connectivity index (χ1) is 7.52. The van der Waals surface area contributed by atoms with Gasteiger partial charge in [-0.15, -0.1) is 0 Å². The number of nitrogens with zero attached hydrogens (tertiary/aromatic N) is 2. The quantitative estimate of drug-likeness (QED) is 0.654. The Kier molecular flexibility index (Phi) is 4.54. The van der Waals surface area contributed by atoms with Gasteiger partial charge in [0.1, 0.15) is 0 Å². The molecule has 1 fully saturated rings. The lowest BCUT2D eigenvalue weighted by atomic mass is 10.1. The fourth-order valence-electron chi connectivity index (χ4n) is 1.78. The summed E-state index contributed by atoms with van der Waals surface area (Å²) in [5, 5.41) is 3.19. The zero-order valence-corrected chi connectivity index (χ0v) is 9.90. The molecule has 0 radical (unpaired) electrons. The maximum atomic E-state index is 12.0. The normalized spacial score (nSPS) is 18.0. The van der Waals surface area contributed by atoms with E-state index in [2.05, 4.69) is 5.32 Å². The van der Waals surface area contributed by atoms with Crippen LogP contribution in [0.2, 0.25) is 0 Å². The standard InChI is InChI=1S/C10H20N4O2/c1-8(7-13(2)10(11)16)9(15)14-5-3-12-4-6-14/h8,12H,3-7H2,1-2H3,(H2,11,16). The van der Waals surface area contributed by atoms with Crippen LogP contribution in [0.3, 0.4) is 0 Å². The number of piperazine rings is 1. The van der Waals surface area contributed by atoms with Crippen molar-refractivity contribution in [3.63, 3.8) is 0 Å². The molecule has 1 saturated heterocycles. The van der Waals surface area contributed by atoms with Gasteiger partial charge in [0.05, 0.1) is 5.92 Å². The van der Waals surface area contributed by atoms with Crippen LogP contribution in [0.1, 0.15) is 6.92 Å². The highest BCUT2D eigenvalue weighted by Crippen LogP contribution is 2.05. The topological polar surface area (TPSA) is 78.7 Å². The van der Waals surface area contributed by atoms with Crippen LogP contribution >= 0.6 is 0 Å².